The third-order valence-corrected chi connectivity index (χ3v) is 2.37. The van der Waals surface area contributed by atoms with Gasteiger partial charge >= 0.3 is 5.97 Å². The smallest absolute Gasteiger partial charge is 0.337 e. The molecule has 0 saturated heterocycles. The van der Waals surface area contributed by atoms with E-state index < -0.39 is 5.97 Å². The molecule has 6 heteroatoms. The lowest BCUT2D eigenvalue weighted by Gasteiger charge is -2.17. The molecule has 0 spiro atoms. The molecule has 17 heavy (non-hydrogen) atoms. The van der Waals surface area contributed by atoms with Crippen LogP contribution in [0.25, 0.3) is 0 Å². The van der Waals surface area contributed by atoms with Gasteiger partial charge in [-0.05, 0) is 12.5 Å². The number of aromatic nitrogens is 1. The van der Waals surface area contributed by atoms with E-state index in [0.29, 0.717) is 18.1 Å². The van der Waals surface area contributed by atoms with Crippen molar-refractivity contribution in [2.75, 3.05) is 24.8 Å². The Morgan fingerprint density at radius 2 is 2.41 bits per heavy atom. The summed E-state index contributed by atoms with van der Waals surface area (Å²) in [7, 11) is 1.62. The lowest BCUT2D eigenvalue weighted by atomic mass is 10.2. The van der Waals surface area contributed by atoms with Crippen molar-refractivity contribution in [1.82, 2.24) is 4.98 Å². The molecule has 0 aromatic carbocycles. The fraction of sp³-hybridized carbons (Fsp3) is 0.455. The van der Waals surface area contributed by atoms with Gasteiger partial charge in [0.15, 0.2) is 0 Å². The number of hydrogen-bond acceptors (Lipinski definition) is 5. The lowest BCUT2D eigenvalue weighted by molar-refractivity contribution is 0.0696. The Hall–Kier alpha value is -1.82. The van der Waals surface area contributed by atoms with Gasteiger partial charge in [0.05, 0.1) is 23.9 Å². The van der Waals surface area contributed by atoms with Crippen molar-refractivity contribution in [2.45, 2.75) is 19.4 Å². The van der Waals surface area contributed by atoms with Crippen LogP contribution in [0.2, 0.25) is 0 Å². The number of methoxy groups -OCH3 is 1. The van der Waals surface area contributed by atoms with Crippen LogP contribution in [-0.4, -0.2) is 35.8 Å². The van der Waals surface area contributed by atoms with E-state index in [2.05, 4.69) is 10.3 Å². The van der Waals surface area contributed by atoms with Crippen molar-refractivity contribution in [3.8, 4) is 0 Å². The van der Waals surface area contributed by atoms with E-state index in [1.54, 1.807) is 7.11 Å². The van der Waals surface area contributed by atoms with Crippen LogP contribution in [-0.2, 0) is 4.74 Å². The minimum absolute atomic E-state index is 0.0767. The molecule has 0 aliphatic carbocycles. The van der Waals surface area contributed by atoms with E-state index in [0.717, 1.165) is 6.42 Å². The summed E-state index contributed by atoms with van der Waals surface area (Å²) in [5, 5.41) is 11.9. The Morgan fingerprint density at radius 1 is 1.71 bits per heavy atom. The second-order valence-corrected chi connectivity index (χ2v) is 3.67. The van der Waals surface area contributed by atoms with E-state index in [-0.39, 0.29) is 11.6 Å². The monoisotopic (exact) mass is 239 g/mol. The summed E-state index contributed by atoms with van der Waals surface area (Å²) in [6.07, 6.45) is 2.14. The highest BCUT2D eigenvalue weighted by atomic mass is 16.5. The van der Waals surface area contributed by atoms with E-state index >= 15 is 0 Å². The number of nitrogens with one attached hydrogen (secondary N) is 1. The van der Waals surface area contributed by atoms with Gasteiger partial charge in [-0.2, -0.15) is 0 Å². The predicted octanol–water partition coefficient (Wildman–Crippen LogP) is 1.20. The highest BCUT2D eigenvalue weighted by molar-refractivity contribution is 5.89. The topological polar surface area (TPSA) is 97.5 Å². The van der Waals surface area contributed by atoms with Gasteiger partial charge < -0.3 is 20.9 Å². The Morgan fingerprint density at radius 3 is 2.88 bits per heavy atom. The first-order chi connectivity index (χ1) is 8.08. The molecule has 0 fully saturated rings. The normalized spacial score (nSPS) is 12.1. The number of carboxylic acid groups (broad SMARTS) is 1. The first kappa shape index (κ1) is 13.2. The van der Waals surface area contributed by atoms with Crippen LogP contribution in [0.5, 0.6) is 0 Å². The largest absolute Gasteiger partial charge is 0.478 e. The maximum atomic E-state index is 10.7. The van der Waals surface area contributed by atoms with Gasteiger partial charge in [-0.15, -0.1) is 0 Å². The molecule has 0 radical (unpaired) electrons. The molecule has 1 unspecified atom stereocenters. The van der Waals surface area contributed by atoms with Crippen molar-refractivity contribution < 1.29 is 14.6 Å². The van der Waals surface area contributed by atoms with Gasteiger partial charge in [0, 0.05) is 13.3 Å². The molecule has 1 atom stereocenters. The van der Waals surface area contributed by atoms with Gasteiger partial charge in [0.2, 0.25) is 0 Å². The fourth-order valence-corrected chi connectivity index (χ4v) is 1.38. The summed E-state index contributed by atoms with van der Waals surface area (Å²) in [4.78, 5) is 14.7. The van der Waals surface area contributed by atoms with E-state index in [1.165, 1.54) is 12.3 Å². The third-order valence-electron chi connectivity index (χ3n) is 2.37. The van der Waals surface area contributed by atoms with Crippen LogP contribution in [0.15, 0.2) is 12.3 Å². The summed E-state index contributed by atoms with van der Waals surface area (Å²) in [6, 6.07) is 1.49. The average Bonchev–Trinajstić information content (AvgIpc) is 2.30. The molecule has 6 nitrogen and oxygen atoms in total. The standard InChI is InChI=1S/C11H17N3O3/c1-3-8(6-17-2)14-10-9(12)4-7(5-13-10)11(15)16/h4-5,8H,3,6,12H2,1-2H3,(H,13,14)(H,15,16). The summed E-state index contributed by atoms with van der Waals surface area (Å²) < 4.78 is 5.04. The highest BCUT2D eigenvalue weighted by Crippen LogP contribution is 2.18. The minimum atomic E-state index is -1.04. The second-order valence-electron chi connectivity index (χ2n) is 3.67. The Labute approximate surface area is 99.8 Å². The number of nitrogens with zero attached hydrogens (tertiary/aromatic N) is 1. The molecule has 0 aliphatic heterocycles. The highest BCUT2D eigenvalue weighted by Gasteiger charge is 2.11. The van der Waals surface area contributed by atoms with Crippen LogP contribution in [0, 0.1) is 0 Å². The molecule has 1 heterocycles. The van der Waals surface area contributed by atoms with Crippen molar-refractivity contribution >= 4 is 17.5 Å². The van der Waals surface area contributed by atoms with Gasteiger partial charge in [0.1, 0.15) is 5.82 Å². The molecule has 0 bridgehead atoms. The summed E-state index contributed by atoms with van der Waals surface area (Å²) in [5.74, 6) is -0.557. The average molecular weight is 239 g/mol. The molecular weight excluding hydrogens is 222 g/mol. The van der Waals surface area contributed by atoms with Crippen LogP contribution >= 0.6 is 0 Å². The Kier molecular flexibility index (Phi) is 4.71. The van der Waals surface area contributed by atoms with E-state index in [4.69, 9.17) is 15.6 Å². The van der Waals surface area contributed by atoms with Crippen LogP contribution in [0.4, 0.5) is 11.5 Å². The molecule has 0 amide bonds. The van der Waals surface area contributed by atoms with Crippen molar-refractivity contribution in [1.29, 1.82) is 0 Å². The summed E-state index contributed by atoms with van der Waals surface area (Å²) in [5.41, 5.74) is 6.12. The summed E-state index contributed by atoms with van der Waals surface area (Å²) in [6.45, 7) is 2.55. The molecule has 4 N–H and O–H groups in total. The first-order valence-corrected chi connectivity index (χ1v) is 5.32. The van der Waals surface area contributed by atoms with Gasteiger partial charge in [-0.25, -0.2) is 9.78 Å². The lowest BCUT2D eigenvalue weighted by Crippen LogP contribution is -2.25. The number of carboxylic acids is 1. The molecule has 0 aliphatic rings. The predicted molar refractivity (Wildman–Crippen MR) is 65.2 cm³/mol. The Balaban J connectivity index is 2.81. The third kappa shape index (κ3) is 3.60. The Bertz CT molecular complexity index is 396. The van der Waals surface area contributed by atoms with E-state index in [9.17, 15) is 4.79 Å². The number of hydrogen-bond donors (Lipinski definition) is 3. The maximum Gasteiger partial charge on any atom is 0.337 e. The number of nitrogens with two attached hydrogens (primary N) is 1. The number of ether oxygens (including phenoxy) is 1. The molecule has 1 aromatic heterocycles. The zero-order chi connectivity index (χ0) is 12.8. The zero-order valence-corrected chi connectivity index (χ0v) is 9.93. The number of pyridine rings is 1. The number of carbonyl (C=O) groups is 1. The molecule has 1 rings (SSSR count). The first-order valence-electron chi connectivity index (χ1n) is 5.32. The summed E-state index contributed by atoms with van der Waals surface area (Å²) >= 11 is 0. The van der Waals surface area contributed by atoms with Gasteiger partial charge in [-0.3, -0.25) is 0 Å². The zero-order valence-electron chi connectivity index (χ0n) is 9.93. The van der Waals surface area contributed by atoms with Crippen molar-refractivity contribution in [3.05, 3.63) is 17.8 Å². The minimum Gasteiger partial charge on any atom is -0.478 e. The van der Waals surface area contributed by atoms with Gasteiger partial charge in [0.25, 0.3) is 0 Å². The molecule has 0 saturated carbocycles. The quantitative estimate of drug-likeness (QED) is 0.690. The van der Waals surface area contributed by atoms with Crippen LogP contribution < -0.4 is 11.1 Å². The van der Waals surface area contributed by atoms with E-state index in [1.807, 2.05) is 6.92 Å². The van der Waals surface area contributed by atoms with Crippen LogP contribution in [0.3, 0.4) is 0 Å². The van der Waals surface area contributed by atoms with Crippen LogP contribution in [0.1, 0.15) is 23.7 Å². The molecule has 94 valence electrons. The fourth-order valence-electron chi connectivity index (χ4n) is 1.38. The second kappa shape index (κ2) is 6.05. The van der Waals surface area contributed by atoms with Gasteiger partial charge in [-0.1, -0.05) is 6.92 Å². The SMILES string of the molecule is CCC(COC)Nc1ncc(C(=O)O)cc1N. The molecule has 1 aromatic rings. The molecular formula is C11H17N3O3. The maximum absolute atomic E-state index is 10.7. The number of nitrogen functional groups attached to an aromatic ring is 1. The van der Waals surface area contributed by atoms with Crippen molar-refractivity contribution in [3.63, 3.8) is 0 Å². The van der Waals surface area contributed by atoms with Crippen molar-refractivity contribution in [2.24, 2.45) is 0 Å². The number of anilines is 2. The number of rotatable bonds is 6. The number of aromatic carboxylic acids is 1.